The SMILES string of the molecule is CCCCc1ncsc1CCO. The Balaban J connectivity index is 2.51. The normalized spacial score (nSPS) is 10.5. The number of rotatable bonds is 5. The van der Waals surface area contributed by atoms with E-state index in [9.17, 15) is 0 Å². The third kappa shape index (κ3) is 2.57. The van der Waals surface area contributed by atoms with Crippen molar-refractivity contribution in [1.82, 2.24) is 4.98 Å². The molecule has 1 N–H and O–H groups in total. The quantitative estimate of drug-likeness (QED) is 0.761. The van der Waals surface area contributed by atoms with Crippen molar-refractivity contribution < 1.29 is 5.11 Å². The molecule has 3 heteroatoms. The summed E-state index contributed by atoms with van der Waals surface area (Å²) >= 11 is 1.65. The van der Waals surface area contributed by atoms with Gasteiger partial charge in [0.1, 0.15) is 0 Å². The van der Waals surface area contributed by atoms with E-state index in [1.165, 1.54) is 23.4 Å². The minimum atomic E-state index is 0.237. The van der Waals surface area contributed by atoms with Gasteiger partial charge in [0.15, 0.2) is 0 Å². The van der Waals surface area contributed by atoms with E-state index in [0.717, 1.165) is 12.8 Å². The highest BCUT2D eigenvalue weighted by Gasteiger charge is 2.03. The first-order chi connectivity index (χ1) is 5.88. The molecule has 1 aromatic rings. The van der Waals surface area contributed by atoms with Crippen LogP contribution in [0.5, 0.6) is 0 Å². The molecule has 0 fully saturated rings. The van der Waals surface area contributed by atoms with Gasteiger partial charge in [-0.1, -0.05) is 13.3 Å². The Labute approximate surface area is 77.3 Å². The standard InChI is InChI=1S/C9H15NOS/c1-2-3-4-8-9(5-6-11)12-7-10-8/h7,11H,2-6H2,1H3. The van der Waals surface area contributed by atoms with Crippen LogP contribution in [0.3, 0.4) is 0 Å². The summed E-state index contributed by atoms with van der Waals surface area (Å²) in [5, 5.41) is 8.77. The Kier molecular flexibility index (Phi) is 4.25. The highest BCUT2D eigenvalue weighted by Crippen LogP contribution is 2.15. The highest BCUT2D eigenvalue weighted by molar-refractivity contribution is 7.09. The Morgan fingerprint density at radius 1 is 1.50 bits per heavy atom. The molecule has 0 amide bonds. The second kappa shape index (κ2) is 5.27. The van der Waals surface area contributed by atoms with E-state index < -0.39 is 0 Å². The first-order valence-corrected chi connectivity index (χ1v) is 5.28. The van der Waals surface area contributed by atoms with Crippen LogP contribution >= 0.6 is 11.3 Å². The Morgan fingerprint density at radius 3 is 3.00 bits per heavy atom. The summed E-state index contributed by atoms with van der Waals surface area (Å²) in [5.74, 6) is 0. The number of aliphatic hydroxyl groups excluding tert-OH is 1. The van der Waals surface area contributed by atoms with Crippen LogP contribution in [0.15, 0.2) is 5.51 Å². The van der Waals surface area contributed by atoms with Crippen molar-refractivity contribution in [2.24, 2.45) is 0 Å². The first kappa shape index (κ1) is 9.68. The van der Waals surface area contributed by atoms with Crippen LogP contribution in [-0.4, -0.2) is 16.7 Å². The zero-order valence-electron chi connectivity index (χ0n) is 7.42. The number of thiazole rings is 1. The lowest BCUT2D eigenvalue weighted by atomic mass is 10.1. The lowest BCUT2D eigenvalue weighted by molar-refractivity contribution is 0.300. The zero-order valence-corrected chi connectivity index (χ0v) is 8.23. The van der Waals surface area contributed by atoms with Gasteiger partial charge < -0.3 is 5.11 Å². The molecule has 1 heterocycles. The molecule has 0 aromatic carbocycles. The average Bonchev–Trinajstić information content (AvgIpc) is 2.50. The number of unbranched alkanes of at least 4 members (excludes halogenated alkanes) is 1. The highest BCUT2D eigenvalue weighted by atomic mass is 32.1. The maximum atomic E-state index is 8.77. The number of hydrogen-bond acceptors (Lipinski definition) is 3. The molecule has 0 aliphatic rings. The predicted octanol–water partition coefficient (Wildman–Crippen LogP) is 2.02. The fourth-order valence-electron chi connectivity index (χ4n) is 1.15. The van der Waals surface area contributed by atoms with E-state index in [4.69, 9.17) is 5.11 Å². The van der Waals surface area contributed by atoms with Crippen LogP contribution in [-0.2, 0) is 12.8 Å². The second-order valence-corrected chi connectivity index (χ2v) is 3.74. The average molecular weight is 185 g/mol. The summed E-state index contributed by atoms with van der Waals surface area (Å²) in [4.78, 5) is 5.54. The van der Waals surface area contributed by atoms with E-state index in [1.54, 1.807) is 11.3 Å². The Hall–Kier alpha value is -0.410. The Bertz CT molecular complexity index is 222. The summed E-state index contributed by atoms with van der Waals surface area (Å²) in [7, 11) is 0. The molecule has 0 saturated heterocycles. The van der Waals surface area contributed by atoms with Gasteiger partial charge in [0.2, 0.25) is 0 Å². The molecule has 0 bridgehead atoms. The van der Waals surface area contributed by atoms with Crippen molar-refractivity contribution in [2.45, 2.75) is 32.6 Å². The van der Waals surface area contributed by atoms with Gasteiger partial charge in [0.05, 0.1) is 11.2 Å². The maximum Gasteiger partial charge on any atom is 0.0797 e. The second-order valence-electron chi connectivity index (χ2n) is 2.80. The van der Waals surface area contributed by atoms with E-state index in [2.05, 4.69) is 11.9 Å². The van der Waals surface area contributed by atoms with E-state index >= 15 is 0 Å². The van der Waals surface area contributed by atoms with Crippen LogP contribution in [0.1, 0.15) is 30.3 Å². The maximum absolute atomic E-state index is 8.77. The van der Waals surface area contributed by atoms with Crippen LogP contribution in [0.4, 0.5) is 0 Å². The first-order valence-electron chi connectivity index (χ1n) is 4.40. The van der Waals surface area contributed by atoms with Gasteiger partial charge in [0, 0.05) is 17.9 Å². The molecule has 0 unspecified atom stereocenters. The van der Waals surface area contributed by atoms with Gasteiger partial charge in [-0.25, -0.2) is 4.98 Å². The minimum absolute atomic E-state index is 0.237. The molecular formula is C9H15NOS. The van der Waals surface area contributed by atoms with Crippen LogP contribution < -0.4 is 0 Å². The van der Waals surface area contributed by atoms with Gasteiger partial charge in [-0.05, 0) is 12.8 Å². The third-order valence-corrected chi connectivity index (χ3v) is 2.77. The molecule has 2 nitrogen and oxygen atoms in total. The van der Waals surface area contributed by atoms with Crippen molar-refractivity contribution in [2.75, 3.05) is 6.61 Å². The Morgan fingerprint density at radius 2 is 2.33 bits per heavy atom. The predicted molar refractivity (Wildman–Crippen MR) is 51.5 cm³/mol. The van der Waals surface area contributed by atoms with Crippen LogP contribution in [0, 0.1) is 0 Å². The molecule has 0 saturated carbocycles. The van der Waals surface area contributed by atoms with Gasteiger partial charge in [-0.15, -0.1) is 11.3 Å². The molecule has 0 aliphatic carbocycles. The van der Waals surface area contributed by atoms with Crippen molar-refractivity contribution in [3.05, 3.63) is 16.1 Å². The molecule has 0 spiro atoms. The summed E-state index contributed by atoms with van der Waals surface area (Å²) < 4.78 is 0. The molecule has 0 aliphatic heterocycles. The van der Waals surface area contributed by atoms with E-state index in [-0.39, 0.29) is 6.61 Å². The number of hydrogen-bond donors (Lipinski definition) is 1. The molecule has 68 valence electrons. The molecule has 12 heavy (non-hydrogen) atoms. The molecule has 1 aromatic heterocycles. The lowest BCUT2D eigenvalue weighted by Crippen LogP contribution is -1.94. The monoisotopic (exact) mass is 185 g/mol. The number of nitrogens with zero attached hydrogens (tertiary/aromatic N) is 1. The lowest BCUT2D eigenvalue weighted by Gasteiger charge is -1.98. The summed E-state index contributed by atoms with van der Waals surface area (Å²) in [6.07, 6.45) is 4.23. The molecular weight excluding hydrogens is 170 g/mol. The number of aliphatic hydroxyl groups is 1. The van der Waals surface area contributed by atoms with E-state index in [0.29, 0.717) is 0 Å². The third-order valence-electron chi connectivity index (χ3n) is 1.83. The zero-order chi connectivity index (χ0) is 8.81. The summed E-state index contributed by atoms with van der Waals surface area (Å²) in [5.41, 5.74) is 3.06. The van der Waals surface area contributed by atoms with Crippen molar-refractivity contribution in [3.8, 4) is 0 Å². The van der Waals surface area contributed by atoms with Gasteiger partial charge >= 0.3 is 0 Å². The summed E-state index contributed by atoms with van der Waals surface area (Å²) in [6, 6.07) is 0. The molecule has 0 radical (unpaired) electrons. The van der Waals surface area contributed by atoms with Crippen molar-refractivity contribution in [3.63, 3.8) is 0 Å². The van der Waals surface area contributed by atoms with Crippen molar-refractivity contribution >= 4 is 11.3 Å². The topological polar surface area (TPSA) is 33.1 Å². The van der Waals surface area contributed by atoms with Gasteiger partial charge in [-0.3, -0.25) is 0 Å². The van der Waals surface area contributed by atoms with E-state index in [1.807, 2.05) is 5.51 Å². The van der Waals surface area contributed by atoms with Crippen LogP contribution in [0.2, 0.25) is 0 Å². The minimum Gasteiger partial charge on any atom is -0.396 e. The number of aromatic nitrogens is 1. The largest absolute Gasteiger partial charge is 0.396 e. The van der Waals surface area contributed by atoms with Gasteiger partial charge in [-0.2, -0.15) is 0 Å². The smallest absolute Gasteiger partial charge is 0.0797 e. The molecule has 1 rings (SSSR count). The fraction of sp³-hybridized carbons (Fsp3) is 0.667. The summed E-state index contributed by atoms with van der Waals surface area (Å²) in [6.45, 7) is 2.42. The fourth-order valence-corrected chi connectivity index (χ4v) is 1.95. The van der Waals surface area contributed by atoms with Crippen LogP contribution in [0.25, 0.3) is 0 Å². The van der Waals surface area contributed by atoms with Gasteiger partial charge in [0.25, 0.3) is 0 Å². The number of aryl methyl sites for hydroxylation is 1. The molecule has 0 atom stereocenters. The van der Waals surface area contributed by atoms with Crippen molar-refractivity contribution in [1.29, 1.82) is 0 Å².